The highest BCUT2D eigenvalue weighted by atomic mass is 16.6. The van der Waals surface area contributed by atoms with Crippen molar-refractivity contribution in [2.75, 3.05) is 6.61 Å². The Bertz CT molecular complexity index is 92.9. The minimum atomic E-state index is -0.504. The quantitative estimate of drug-likeness (QED) is 0.530. The van der Waals surface area contributed by atoms with Crippen molar-refractivity contribution in [2.24, 2.45) is 11.8 Å². The molecule has 0 radical (unpaired) electrons. The maximum Gasteiger partial charge on any atom is 0.154 e. The lowest BCUT2D eigenvalue weighted by Gasteiger charge is -2.29. The molecule has 9 heavy (non-hydrogen) atoms. The minimum Gasteiger partial charge on any atom is -0.368 e. The Morgan fingerprint density at radius 1 is 1.33 bits per heavy atom. The summed E-state index contributed by atoms with van der Waals surface area (Å²) in [6.45, 7) is 5.01. The molecule has 0 bridgehead atoms. The van der Waals surface area contributed by atoms with Gasteiger partial charge in [-0.25, -0.2) is 0 Å². The monoisotopic (exact) mass is 130 g/mol. The molecule has 0 aromatic carbocycles. The fourth-order valence-electron chi connectivity index (χ4n) is 1.05. The highest BCUT2D eigenvalue weighted by Crippen LogP contribution is 2.23. The molecule has 1 saturated heterocycles. The summed E-state index contributed by atoms with van der Waals surface area (Å²) >= 11 is 0. The normalized spacial score (nSPS) is 45.0. The molecule has 1 unspecified atom stereocenters. The van der Waals surface area contributed by atoms with Gasteiger partial charge in [0.2, 0.25) is 0 Å². The van der Waals surface area contributed by atoms with Crippen molar-refractivity contribution in [3.05, 3.63) is 0 Å². The summed E-state index contributed by atoms with van der Waals surface area (Å²) in [5, 5.41) is 8.98. The van der Waals surface area contributed by atoms with E-state index in [1.165, 1.54) is 0 Å². The molecule has 1 fully saturated rings. The maximum atomic E-state index is 8.98. The van der Waals surface area contributed by atoms with Gasteiger partial charge in [0, 0.05) is 6.42 Å². The lowest BCUT2D eigenvalue weighted by Crippen LogP contribution is -2.30. The second kappa shape index (κ2) is 2.67. The van der Waals surface area contributed by atoms with Crippen molar-refractivity contribution in [2.45, 2.75) is 26.6 Å². The van der Waals surface area contributed by atoms with E-state index in [0.717, 1.165) is 6.42 Å². The largest absolute Gasteiger partial charge is 0.368 e. The van der Waals surface area contributed by atoms with Crippen LogP contribution in [0.1, 0.15) is 20.3 Å². The summed E-state index contributed by atoms with van der Waals surface area (Å²) in [5.74, 6) is 1.21. The summed E-state index contributed by atoms with van der Waals surface area (Å²) in [5.41, 5.74) is 0. The number of ether oxygens (including phenoxy) is 1. The van der Waals surface area contributed by atoms with Gasteiger partial charge in [-0.05, 0) is 11.8 Å². The van der Waals surface area contributed by atoms with Gasteiger partial charge in [0.1, 0.15) is 0 Å². The van der Waals surface area contributed by atoms with Gasteiger partial charge >= 0.3 is 0 Å². The van der Waals surface area contributed by atoms with Crippen molar-refractivity contribution < 1.29 is 9.84 Å². The lowest BCUT2D eigenvalue weighted by molar-refractivity contribution is -0.153. The van der Waals surface area contributed by atoms with Crippen LogP contribution >= 0.6 is 0 Å². The molecule has 0 amide bonds. The van der Waals surface area contributed by atoms with E-state index in [2.05, 4.69) is 13.8 Å². The highest BCUT2D eigenvalue weighted by Gasteiger charge is 2.22. The smallest absolute Gasteiger partial charge is 0.154 e. The van der Waals surface area contributed by atoms with E-state index in [0.29, 0.717) is 18.4 Å². The molecular weight excluding hydrogens is 116 g/mol. The molecule has 3 atom stereocenters. The SMILES string of the molecule is C[C@@H]1COC(O)C[C@@H]1C. The van der Waals surface area contributed by atoms with E-state index in [-0.39, 0.29) is 0 Å². The number of hydrogen-bond donors (Lipinski definition) is 1. The van der Waals surface area contributed by atoms with E-state index in [1.54, 1.807) is 0 Å². The summed E-state index contributed by atoms with van der Waals surface area (Å²) in [6, 6.07) is 0. The van der Waals surface area contributed by atoms with Gasteiger partial charge < -0.3 is 9.84 Å². The number of hydrogen-bond acceptors (Lipinski definition) is 2. The lowest BCUT2D eigenvalue weighted by atomic mass is 9.91. The van der Waals surface area contributed by atoms with Gasteiger partial charge in [-0.3, -0.25) is 0 Å². The molecule has 1 heterocycles. The third-order valence-corrected chi connectivity index (χ3v) is 2.10. The Morgan fingerprint density at radius 3 is 2.44 bits per heavy atom. The molecule has 0 aromatic heterocycles. The molecule has 54 valence electrons. The Morgan fingerprint density at radius 2 is 2.00 bits per heavy atom. The predicted octanol–water partition coefficient (Wildman–Crippen LogP) is 0.997. The van der Waals surface area contributed by atoms with Crippen LogP contribution in [-0.4, -0.2) is 18.0 Å². The van der Waals surface area contributed by atoms with Gasteiger partial charge in [0.05, 0.1) is 6.61 Å². The summed E-state index contributed by atoms with van der Waals surface area (Å²) in [7, 11) is 0. The summed E-state index contributed by atoms with van der Waals surface area (Å²) < 4.78 is 5.02. The van der Waals surface area contributed by atoms with Crippen LogP contribution in [0.3, 0.4) is 0 Å². The van der Waals surface area contributed by atoms with Crippen molar-refractivity contribution >= 4 is 0 Å². The van der Waals surface area contributed by atoms with Gasteiger partial charge in [0.25, 0.3) is 0 Å². The Hall–Kier alpha value is -0.0800. The zero-order valence-electron chi connectivity index (χ0n) is 6.00. The Labute approximate surface area is 55.8 Å². The van der Waals surface area contributed by atoms with Crippen molar-refractivity contribution in [3.63, 3.8) is 0 Å². The molecule has 2 nitrogen and oxygen atoms in total. The molecule has 0 saturated carbocycles. The van der Waals surface area contributed by atoms with E-state index < -0.39 is 6.29 Å². The third-order valence-electron chi connectivity index (χ3n) is 2.10. The van der Waals surface area contributed by atoms with Crippen LogP contribution < -0.4 is 0 Å². The van der Waals surface area contributed by atoms with E-state index >= 15 is 0 Å². The molecule has 0 spiro atoms. The fraction of sp³-hybridized carbons (Fsp3) is 1.00. The maximum absolute atomic E-state index is 8.98. The van der Waals surface area contributed by atoms with Crippen LogP contribution in [0.2, 0.25) is 0 Å². The summed E-state index contributed by atoms with van der Waals surface area (Å²) in [6.07, 6.45) is 0.289. The van der Waals surface area contributed by atoms with Gasteiger partial charge in [-0.15, -0.1) is 0 Å². The number of aliphatic hydroxyl groups excluding tert-OH is 1. The first-order chi connectivity index (χ1) is 4.20. The molecule has 0 aliphatic carbocycles. The fourth-order valence-corrected chi connectivity index (χ4v) is 1.05. The molecule has 1 N–H and O–H groups in total. The standard InChI is InChI=1S/C7H14O2/c1-5-3-7(8)9-4-6(5)2/h5-8H,3-4H2,1-2H3/t5-,6+,7?/m0/s1. The first kappa shape index (κ1) is 7.03. The average Bonchev–Trinajstić information content (AvgIpc) is 1.80. The van der Waals surface area contributed by atoms with Crippen LogP contribution in [0, 0.1) is 11.8 Å². The molecule has 1 aliphatic rings. The second-order valence-electron chi connectivity index (χ2n) is 2.98. The molecule has 0 aromatic rings. The van der Waals surface area contributed by atoms with Crippen molar-refractivity contribution in [1.82, 2.24) is 0 Å². The van der Waals surface area contributed by atoms with Gasteiger partial charge in [-0.1, -0.05) is 13.8 Å². The molecule has 2 heteroatoms. The zero-order chi connectivity index (χ0) is 6.85. The second-order valence-corrected chi connectivity index (χ2v) is 2.98. The van der Waals surface area contributed by atoms with Crippen LogP contribution in [0.5, 0.6) is 0 Å². The topological polar surface area (TPSA) is 29.5 Å². The highest BCUT2D eigenvalue weighted by molar-refractivity contribution is 4.67. The average molecular weight is 130 g/mol. The first-order valence-electron chi connectivity index (χ1n) is 3.50. The zero-order valence-corrected chi connectivity index (χ0v) is 6.00. The van der Waals surface area contributed by atoms with Crippen molar-refractivity contribution in [1.29, 1.82) is 0 Å². The van der Waals surface area contributed by atoms with E-state index in [1.807, 2.05) is 0 Å². The van der Waals surface area contributed by atoms with E-state index in [9.17, 15) is 0 Å². The van der Waals surface area contributed by atoms with Crippen LogP contribution in [0.15, 0.2) is 0 Å². The third kappa shape index (κ3) is 1.66. The minimum absolute atomic E-state index is 0.504. The summed E-state index contributed by atoms with van der Waals surface area (Å²) in [4.78, 5) is 0. The number of rotatable bonds is 0. The molecule has 1 aliphatic heterocycles. The Balaban J connectivity index is 2.35. The predicted molar refractivity (Wildman–Crippen MR) is 34.9 cm³/mol. The first-order valence-corrected chi connectivity index (χ1v) is 3.50. The number of aliphatic hydroxyl groups is 1. The van der Waals surface area contributed by atoms with Crippen LogP contribution in [-0.2, 0) is 4.74 Å². The molecule has 1 rings (SSSR count). The van der Waals surface area contributed by atoms with Crippen molar-refractivity contribution in [3.8, 4) is 0 Å². The van der Waals surface area contributed by atoms with Gasteiger partial charge in [-0.2, -0.15) is 0 Å². The molecular formula is C7H14O2. The van der Waals surface area contributed by atoms with Gasteiger partial charge in [0.15, 0.2) is 6.29 Å². The van der Waals surface area contributed by atoms with E-state index in [4.69, 9.17) is 9.84 Å². The van der Waals surface area contributed by atoms with Crippen LogP contribution in [0.4, 0.5) is 0 Å². The Kier molecular flexibility index (Phi) is 2.09. The van der Waals surface area contributed by atoms with Crippen LogP contribution in [0.25, 0.3) is 0 Å².